The van der Waals surface area contributed by atoms with E-state index in [1.165, 1.54) is 0 Å². The minimum atomic E-state index is -0.358. The van der Waals surface area contributed by atoms with Gasteiger partial charge in [0.1, 0.15) is 11.4 Å². The zero-order valence-corrected chi connectivity index (χ0v) is 10.8. The van der Waals surface area contributed by atoms with Gasteiger partial charge in [-0.1, -0.05) is 6.07 Å². The molecule has 6 nitrogen and oxygen atoms in total. The monoisotopic (exact) mass is 260 g/mol. The zero-order valence-electron chi connectivity index (χ0n) is 10.8. The van der Waals surface area contributed by atoms with E-state index in [4.69, 9.17) is 5.26 Å². The van der Waals surface area contributed by atoms with Gasteiger partial charge in [0.2, 0.25) is 0 Å². The Balaban J connectivity index is 2.41. The molecule has 1 aliphatic rings. The predicted octanol–water partition coefficient (Wildman–Crippen LogP) is 2.52. The van der Waals surface area contributed by atoms with Crippen molar-refractivity contribution in [1.29, 1.82) is 5.26 Å². The van der Waals surface area contributed by atoms with Gasteiger partial charge in [-0.2, -0.15) is 5.26 Å². The molecule has 0 spiro atoms. The van der Waals surface area contributed by atoms with Crippen LogP contribution in [0.2, 0.25) is 0 Å². The summed E-state index contributed by atoms with van der Waals surface area (Å²) in [6, 6.07) is 7.68. The molecule has 0 bridgehead atoms. The number of benzene rings is 1. The summed E-state index contributed by atoms with van der Waals surface area (Å²) < 4.78 is 0. The van der Waals surface area contributed by atoms with Crippen LogP contribution in [0.5, 0.6) is 0 Å². The highest BCUT2D eigenvalue weighted by atomic mass is 16.6. The minimum Gasteiger partial charge on any atom is -0.382 e. The maximum atomic E-state index is 11.3. The van der Waals surface area contributed by atoms with Gasteiger partial charge < -0.3 is 10.2 Å². The van der Waals surface area contributed by atoms with Crippen LogP contribution in [0.15, 0.2) is 18.2 Å². The van der Waals surface area contributed by atoms with Gasteiger partial charge in [-0.3, -0.25) is 10.1 Å². The predicted molar refractivity (Wildman–Crippen MR) is 73.2 cm³/mol. The molecule has 0 aliphatic heterocycles. The molecule has 0 unspecified atom stereocenters. The van der Waals surface area contributed by atoms with Crippen LogP contribution in [-0.2, 0) is 0 Å². The molecule has 0 aromatic heterocycles. The average Bonchev–Trinajstić information content (AvgIpc) is 3.23. The van der Waals surface area contributed by atoms with E-state index in [1.807, 2.05) is 4.90 Å². The van der Waals surface area contributed by atoms with E-state index in [9.17, 15) is 10.1 Å². The third-order valence-electron chi connectivity index (χ3n) is 3.23. The summed E-state index contributed by atoms with van der Waals surface area (Å²) in [4.78, 5) is 12.9. The van der Waals surface area contributed by atoms with Gasteiger partial charge in [0.15, 0.2) is 0 Å². The molecule has 1 N–H and O–H groups in total. The number of para-hydroxylation sites is 1. The van der Waals surface area contributed by atoms with Gasteiger partial charge >= 0.3 is 5.69 Å². The van der Waals surface area contributed by atoms with Gasteiger partial charge in [0.05, 0.1) is 17.4 Å². The van der Waals surface area contributed by atoms with Crippen molar-refractivity contribution in [2.45, 2.75) is 25.3 Å². The molecule has 1 aromatic carbocycles. The number of rotatable bonds is 6. The van der Waals surface area contributed by atoms with Crippen LogP contribution in [0.3, 0.4) is 0 Å². The quantitative estimate of drug-likeness (QED) is 0.627. The Labute approximate surface area is 111 Å². The average molecular weight is 260 g/mol. The molecule has 0 radical (unpaired) electrons. The van der Waals surface area contributed by atoms with Gasteiger partial charge in [0.25, 0.3) is 0 Å². The molecule has 100 valence electrons. The van der Waals surface area contributed by atoms with E-state index in [-0.39, 0.29) is 10.6 Å². The lowest BCUT2D eigenvalue weighted by Crippen LogP contribution is -2.27. The highest BCUT2D eigenvalue weighted by Gasteiger charge is 2.33. The van der Waals surface area contributed by atoms with Crippen molar-refractivity contribution in [2.24, 2.45) is 0 Å². The van der Waals surface area contributed by atoms with E-state index in [0.29, 0.717) is 30.4 Å². The molecule has 0 heterocycles. The molecule has 2 rings (SSSR count). The Morgan fingerprint density at radius 1 is 1.58 bits per heavy atom. The molecule has 1 aliphatic carbocycles. The number of nitro benzene ring substituents is 1. The summed E-state index contributed by atoms with van der Waals surface area (Å²) in [5, 5.41) is 22.9. The van der Waals surface area contributed by atoms with Crippen LogP contribution < -0.4 is 10.2 Å². The third-order valence-corrected chi connectivity index (χ3v) is 3.23. The van der Waals surface area contributed by atoms with Crippen molar-refractivity contribution in [3.05, 3.63) is 28.3 Å². The van der Waals surface area contributed by atoms with E-state index >= 15 is 0 Å². The number of hydrogen-bond acceptors (Lipinski definition) is 5. The Hall–Kier alpha value is -2.29. The second kappa shape index (κ2) is 5.57. The van der Waals surface area contributed by atoms with Crippen LogP contribution >= 0.6 is 0 Å². The fourth-order valence-electron chi connectivity index (χ4n) is 2.21. The molecular formula is C13H16N4O2. The number of nitrogens with one attached hydrogen (secondary N) is 1. The smallest absolute Gasteiger partial charge is 0.315 e. The Kier molecular flexibility index (Phi) is 3.85. The van der Waals surface area contributed by atoms with Gasteiger partial charge in [-0.15, -0.1) is 0 Å². The fraction of sp³-hybridized carbons (Fsp3) is 0.462. The first-order valence-electron chi connectivity index (χ1n) is 6.27. The van der Waals surface area contributed by atoms with E-state index in [0.717, 1.165) is 12.8 Å². The van der Waals surface area contributed by atoms with Crippen molar-refractivity contribution in [1.82, 2.24) is 0 Å². The molecular weight excluding hydrogens is 244 g/mol. The molecule has 6 heteroatoms. The van der Waals surface area contributed by atoms with Crippen molar-refractivity contribution >= 4 is 17.1 Å². The third kappa shape index (κ3) is 2.76. The normalized spacial score (nSPS) is 13.7. The minimum absolute atomic E-state index is 0.0924. The van der Waals surface area contributed by atoms with Crippen LogP contribution in [0.1, 0.15) is 19.3 Å². The number of nitrogens with zero attached hydrogens (tertiary/aromatic N) is 3. The first-order valence-corrected chi connectivity index (χ1v) is 6.27. The van der Waals surface area contributed by atoms with Crippen LogP contribution in [0, 0.1) is 21.4 Å². The lowest BCUT2D eigenvalue weighted by Gasteiger charge is -2.23. The van der Waals surface area contributed by atoms with Crippen LogP contribution in [0.25, 0.3) is 0 Å². The molecule has 0 atom stereocenters. The molecule has 19 heavy (non-hydrogen) atoms. The second-order valence-corrected chi connectivity index (χ2v) is 4.51. The van der Waals surface area contributed by atoms with E-state index in [1.54, 1.807) is 25.2 Å². The zero-order chi connectivity index (χ0) is 13.8. The van der Waals surface area contributed by atoms with Gasteiger partial charge in [-0.25, -0.2) is 0 Å². The number of nitro groups is 1. The topological polar surface area (TPSA) is 82.2 Å². The first-order chi connectivity index (χ1) is 9.19. The Morgan fingerprint density at radius 3 is 2.84 bits per heavy atom. The van der Waals surface area contributed by atoms with E-state index in [2.05, 4.69) is 11.4 Å². The highest BCUT2D eigenvalue weighted by molar-refractivity contribution is 5.77. The maximum Gasteiger partial charge on any atom is 0.315 e. The number of nitriles is 1. The van der Waals surface area contributed by atoms with Crippen molar-refractivity contribution in [3.8, 4) is 6.07 Å². The fourth-order valence-corrected chi connectivity index (χ4v) is 2.21. The van der Waals surface area contributed by atoms with Crippen molar-refractivity contribution in [2.75, 3.05) is 23.8 Å². The van der Waals surface area contributed by atoms with Gasteiger partial charge in [0, 0.05) is 19.6 Å². The molecule has 0 amide bonds. The summed E-state index contributed by atoms with van der Waals surface area (Å²) in [5.41, 5.74) is 1.20. The Bertz CT molecular complexity index is 520. The molecule has 0 saturated heterocycles. The second-order valence-electron chi connectivity index (χ2n) is 4.51. The number of hydrogen-bond donors (Lipinski definition) is 1. The molecule has 1 fully saturated rings. The lowest BCUT2D eigenvalue weighted by atomic mass is 10.2. The van der Waals surface area contributed by atoms with Crippen LogP contribution in [0.4, 0.5) is 17.1 Å². The first kappa shape index (κ1) is 13.1. The molecule has 1 saturated carbocycles. The Morgan fingerprint density at radius 2 is 2.32 bits per heavy atom. The summed E-state index contributed by atoms with van der Waals surface area (Å²) in [6.45, 7) is 0.537. The lowest BCUT2D eigenvalue weighted by molar-refractivity contribution is -0.383. The van der Waals surface area contributed by atoms with E-state index < -0.39 is 0 Å². The summed E-state index contributed by atoms with van der Waals surface area (Å²) in [5.74, 6) is 0. The number of anilines is 2. The largest absolute Gasteiger partial charge is 0.382 e. The SMILES string of the molecule is CNc1cccc(N(CCC#N)C2CC2)c1[N+](=O)[O-]. The van der Waals surface area contributed by atoms with Crippen molar-refractivity contribution in [3.63, 3.8) is 0 Å². The standard InChI is InChI=1S/C13H16N4O2/c1-15-11-4-2-5-12(13(11)17(18)19)16(9-3-8-14)10-6-7-10/h2,4-5,10,15H,3,6-7,9H2,1H3. The summed E-state index contributed by atoms with van der Waals surface area (Å²) in [6.07, 6.45) is 2.44. The highest BCUT2D eigenvalue weighted by Crippen LogP contribution is 2.40. The maximum absolute atomic E-state index is 11.3. The van der Waals surface area contributed by atoms with Gasteiger partial charge in [-0.05, 0) is 25.0 Å². The van der Waals surface area contributed by atoms with Crippen molar-refractivity contribution < 1.29 is 4.92 Å². The molecule has 1 aromatic rings. The summed E-state index contributed by atoms with van der Waals surface area (Å²) in [7, 11) is 1.67. The van der Waals surface area contributed by atoms with Crippen LogP contribution in [-0.4, -0.2) is 24.6 Å². The summed E-state index contributed by atoms with van der Waals surface area (Å²) >= 11 is 0.